The van der Waals surface area contributed by atoms with E-state index in [1.807, 2.05) is 18.2 Å². The zero-order valence-corrected chi connectivity index (χ0v) is 9.32. The van der Waals surface area contributed by atoms with Crippen molar-refractivity contribution in [2.45, 2.75) is 0 Å². The predicted molar refractivity (Wildman–Crippen MR) is 65.2 cm³/mol. The number of anilines is 1. The SMILES string of the molecule is O=C(Nc1nnc2ccccn12)c1cccnc1. The van der Waals surface area contributed by atoms with Gasteiger partial charge in [-0.25, -0.2) is 0 Å². The van der Waals surface area contributed by atoms with Gasteiger partial charge in [0.1, 0.15) is 0 Å². The number of nitrogens with one attached hydrogen (secondary N) is 1. The van der Waals surface area contributed by atoms with Crippen LogP contribution in [0.4, 0.5) is 5.95 Å². The molecule has 0 aliphatic carbocycles. The smallest absolute Gasteiger partial charge is 0.259 e. The molecule has 3 aromatic rings. The first-order valence-corrected chi connectivity index (χ1v) is 5.36. The molecule has 0 saturated carbocycles. The molecule has 0 aliphatic heterocycles. The minimum Gasteiger partial charge on any atom is -0.290 e. The topological polar surface area (TPSA) is 72.2 Å². The largest absolute Gasteiger partial charge is 0.290 e. The minimum atomic E-state index is -0.263. The van der Waals surface area contributed by atoms with Crippen molar-refractivity contribution in [1.82, 2.24) is 19.6 Å². The molecule has 1 N–H and O–H groups in total. The summed E-state index contributed by atoms with van der Waals surface area (Å²) in [6.07, 6.45) is 4.90. The number of fused-ring (bicyclic) bond motifs is 1. The quantitative estimate of drug-likeness (QED) is 0.733. The maximum Gasteiger partial charge on any atom is 0.259 e. The molecule has 6 heteroatoms. The fraction of sp³-hybridized carbons (Fsp3) is 0. The van der Waals surface area contributed by atoms with E-state index in [9.17, 15) is 4.79 Å². The van der Waals surface area contributed by atoms with Crippen LogP contribution in [0.3, 0.4) is 0 Å². The van der Waals surface area contributed by atoms with Gasteiger partial charge in [0.05, 0.1) is 5.56 Å². The zero-order valence-electron chi connectivity index (χ0n) is 9.32. The molecule has 0 aliphatic rings. The molecule has 0 radical (unpaired) electrons. The molecule has 0 spiro atoms. The van der Waals surface area contributed by atoms with E-state index in [4.69, 9.17) is 0 Å². The van der Waals surface area contributed by atoms with Gasteiger partial charge in [-0.1, -0.05) is 6.07 Å². The van der Waals surface area contributed by atoms with Crippen molar-refractivity contribution in [2.24, 2.45) is 0 Å². The molecule has 1 amide bonds. The lowest BCUT2D eigenvalue weighted by Crippen LogP contribution is -2.14. The van der Waals surface area contributed by atoms with E-state index < -0.39 is 0 Å². The summed E-state index contributed by atoms with van der Waals surface area (Å²) in [6.45, 7) is 0. The van der Waals surface area contributed by atoms with Crippen LogP contribution < -0.4 is 5.32 Å². The molecular weight excluding hydrogens is 230 g/mol. The maximum absolute atomic E-state index is 11.9. The van der Waals surface area contributed by atoms with Gasteiger partial charge in [0.25, 0.3) is 5.91 Å². The lowest BCUT2D eigenvalue weighted by atomic mass is 10.3. The van der Waals surface area contributed by atoms with Crippen LogP contribution in [0, 0.1) is 0 Å². The molecule has 18 heavy (non-hydrogen) atoms. The average Bonchev–Trinajstić information content (AvgIpc) is 2.83. The summed E-state index contributed by atoms with van der Waals surface area (Å²) >= 11 is 0. The molecule has 0 fully saturated rings. The number of nitrogens with zero attached hydrogens (tertiary/aromatic N) is 4. The second-order valence-electron chi connectivity index (χ2n) is 3.65. The summed E-state index contributed by atoms with van der Waals surface area (Å²) in [5.74, 6) is 0.126. The molecule has 0 bridgehead atoms. The molecule has 3 aromatic heterocycles. The highest BCUT2D eigenvalue weighted by Crippen LogP contribution is 2.08. The molecule has 0 saturated heterocycles. The number of hydrogen-bond acceptors (Lipinski definition) is 4. The van der Waals surface area contributed by atoms with Gasteiger partial charge in [-0.15, -0.1) is 10.2 Å². The molecule has 0 unspecified atom stereocenters. The van der Waals surface area contributed by atoms with E-state index in [0.29, 0.717) is 17.2 Å². The van der Waals surface area contributed by atoms with Crippen molar-refractivity contribution >= 4 is 17.5 Å². The summed E-state index contributed by atoms with van der Waals surface area (Å²) in [5.41, 5.74) is 1.16. The van der Waals surface area contributed by atoms with Gasteiger partial charge in [0.2, 0.25) is 5.95 Å². The van der Waals surface area contributed by atoms with Gasteiger partial charge in [-0.2, -0.15) is 0 Å². The minimum absolute atomic E-state index is 0.263. The Hall–Kier alpha value is -2.76. The lowest BCUT2D eigenvalue weighted by Gasteiger charge is -2.02. The van der Waals surface area contributed by atoms with E-state index in [-0.39, 0.29) is 5.91 Å². The van der Waals surface area contributed by atoms with Gasteiger partial charge in [-0.05, 0) is 24.3 Å². The fourth-order valence-corrected chi connectivity index (χ4v) is 1.60. The van der Waals surface area contributed by atoms with Crippen LogP contribution >= 0.6 is 0 Å². The molecule has 0 aromatic carbocycles. The Bertz CT molecular complexity index is 692. The van der Waals surface area contributed by atoms with Gasteiger partial charge < -0.3 is 0 Å². The van der Waals surface area contributed by atoms with Crippen molar-refractivity contribution in [3.05, 3.63) is 54.5 Å². The van der Waals surface area contributed by atoms with Crippen molar-refractivity contribution in [3.8, 4) is 0 Å². The third kappa shape index (κ3) is 1.80. The highest BCUT2D eigenvalue weighted by atomic mass is 16.1. The maximum atomic E-state index is 11.9. The Labute approximate surface area is 102 Å². The number of aromatic nitrogens is 4. The number of carbonyl (C=O) groups is 1. The lowest BCUT2D eigenvalue weighted by molar-refractivity contribution is 0.102. The number of rotatable bonds is 2. The summed E-state index contributed by atoms with van der Waals surface area (Å²) in [6, 6.07) is 8.90. The predicted octanol–water partition coefficient (Wildman–Crippen LogP) is 1.38. The Morgan fingerprint density at radius 2 is 2.11 bits per heavy atom. The third-order valence-electron chi connectivity index (χ3n) is 2.46. The molecule has 3 heterocycles. The molecule has 0 atom stereocenters. The second-order valence-corrected chi connectivity index (χ2v) is 3.65. The summed E-state index contributed by atoms with van der Waals surface area (Å²) in [5, 5.41) is 10.6. The Morgan fingerprint density at radius 1 is 1.17 bits per heavy atom. The Balaban J connectivity index is 1.91. The molecule has 3 rings (SSSR count). The van der Waals surface area contributed by atoms with E-state index in [2.05, 4.69) is 20.5 Å². The molecule has 6 nitrogen and oxygen atoms in total. The first kappa shape index (κ1) is 10.4. The monoisotopic (exact) mass is 239 g/mol. The van der Waals surface area contributed by atoms with Crippen LogP contribution in [0.5, 0.6) is 0 Å². The summed E-state index contributed by atoms with van der Waals surface area (Å²) < 4.78 is 1.70. The van der Waals surface area contributed by atoms with Gasteiger partial charge in [0, 0.05) is 18.6 Å². The van der Waals surface area contributed by atoms with Crippen molar-refractivity contribution < 1.29 is 4.79 Å². The summed E-state index contributed by atoms with van der Waals surface area (Å²) in [4.78, 5) is 15.8. The zero-order chi connectivity index (χ0) is 12.4. The van der Waals surface area contributed by atoms with Gasteiger partial charge in [0.15, 0.2) is 5.65 Å². The first-order valence-electron chi connectivity index (χ1n) is 5.36. The number of hydrogen-bond donors (Lipinski definition) is 1. The first-order chi connectivity index (χ1) is 8.84. The normalized spacial score (nSPS) is 10.4. The number of carbonyl (C=O) groups excluding carboxylic acids is 1. The second kappa shape index (κ2) is 4.25. The third-order valence-corrected chi connectivity index (χ3v) is 2.46. The van der Waals surface area contributed by atoms with E-state index in [1.54, 1.807) is 28.9 Å². The molecule has 88 valence electrons. The van der Waals surface area contributed by atoms with Crippen molar-refractivity contribution in [3.63, 3.8) is 0 Å². The van der Waals surface area contributed by atoms with E-state index >= 15 is 0 Å². The Morgan fingerprint density at radius 3 is 2.94 bits per heavy atom. The van der Waals surface area contributed by atoms with Gasteiger partial charge >= 0.3 is 0 Å². The highest BCUT2D eigenvalue weighted by Gasteiger charge is 2.10. The van der Waals surface area contributed by atoms with Crippen LogP contribution in [0.25, 0.3) is 5.65 Å². The van der Waals surface area contributed by atoms with Crippen LogP contribution in [0.1, 0.15) is 10.4 Å². The standard InChI is InChI=1S/C12H9N5O/c18-11(9-4-3-6-13-8-9)14-12-16-15-10-5-1-2-7-17(10)12/h1-8H,(H,14,16,18). The van der Waals surface area contributed by atoms with Crippen molar-refractivity contribution in [1.29, 1.82) is 0 Å². The van der Waals surface area contributed by atoms with Gasteiger partial charge in [-0.3, -0.25) is 19.5 Å². The van der Waals surface area contributed by atoms with Crippen LogP contribution in [-0.2, 0) is 0 Å². The van der Waals surface area contributed by atoms with Crippen LogP contribution in [0.2, 0.25) is 0 Å². The van der Waals surface area contributed by atoms with E-state index in [1.165, 1.54) is 6.20 Å². The highest BCUT2D eigenvalue weighted by molar-refractivity contribution is 6.03. The fourth-order valence-electron chi connectivity index (χ4n) is 1.60. The molecular formula is C12H9N5O. The number of amides is 1. The Kier molecular flexibility index (Phi) is 2.45. The summed E-state index contributed by atoms with van der Waals surface area (Å²) in [7, 11) is 0. The average molecular weight is 239 g/mol. The number of pyridine rings is 2. The van der Waals surface area contributed by atoms with Crippen molar-refractivity contribution in [2.75, 3.05) is 5.32 Å². The van der Waals surface area contributed by atoms with E-state index in [0.717, 1.165) is 0 Å². The van der Waals surface area contributed by atoms with Crippen LogP contribution in [-0.4, -0.2) is 25.5 Å². The van der Waals surface area contributed by atoms with Crippen LogP contribution in [0.15, 0.2) is 48.9 Å².